The molecule has 5 nitrogen and oxygen atoms in total. The van der Waals surface area contributed by atoms with Gasteiger partial charge in [-0.05, 0) is 30.5 Å². The van der Waals surface area contributed by atoms with Crippen LogP contribution in [-0.4, -0.2) is 28.3 Å². The normalized spacial score (nSPS) is 14.6. The maximum Gasteiger partial charge on any atom is 0.247 e. The van der Waals surface area contributed by atoms with Crippen LogP contribution in [0.25, 0.3) is 0 Å². The predicted octanol–water partition coefficient (Wildman–Crippen LogP) is 4.59. The highest BCUT2D eigenvalue weighted by Crippen LogP contribution is 2.26. The van der Waals surface area contributed by atoms with Crippen LogP contribution in [0.3, 0.4) is 0 Å². The van der Waals surface area contributed by atoms with Gasteiger partial charge in [0, 0.05) is 25.3 Å². The monoisotopic (exact) mass is 359 g/mol. The third-order valence-electron chi connectivity index (χ3n) is 4.95. The number of nitrogens with zero attached hydrogens (tertiary/aromatic N) is 5. The number of para-hydroxylation sites is 1. The third-order valence-corrected chi connectivity index (χ3v) is 4.95. The van der Waals surface area contributed by atoms with Gasteiger partial charge in [0.2, 0.25) is 5.95 Å². The fraction of sp³-hybridized carbons (Fsp3) is 0.318. The number of aromatic nitrogens is 3. The summed E-state index contributed by atoms with van der Waals surface area (Å²) >= 11 is 0. The fourth-order valence-corrected chi connectivity index (χ4v) is 3.50. The number of anilines is 3. The summed E-state index contributed by atoms with van der Waals surface area (Å²) in [5, 5.41) is 8.61. The molecule has 0 amide bonds. The van der Waals surface area contributed by atoms with Crippen molar-refractivity contribution in [3.63, 3.8) is 0 Å². The van der Waals surface area contributed by atoms with Crippen LogP contribution < -0.4 is 9.80 Å². The Morgan fingerprint density at radius 2 is 1.48 bits per heavy atom. The molecule has 2 aromatic carbocycles. The second-order valence-corrected chi connectivity index (χ2v) is 6.92. The molecule has 1 aliphatic heterocycles. The van der Waals surface area contributed by atoms with Crippen molar-refractivity contribution in [2.45, 2.75) is 32.2 Å². The highest BCUT2D eigenvalue weighted by molar-refractivity contribution is 5.60. The molecule has 27 heavy (non-hydrogen) atoms. The van der Waals surface area contributed by atoms with E-state index >= 15 is 0 Å². The van der Waals surface area contributed by atoms with E-state index in [1.165, 1.54) is 31.2 Å². The van der Waals surface area contributed by atoms with Gasteiger partial charge in [-0.3, -0.25) is 0 Å². The standard InChI is InChI=1S/C22H25N5/c1-2-10-16-26(15-9-1)22-24-21(17-23-25-22)27(20-13-7-4-8-14-20)18-19-11-5-3-6-12-19/h3-8,11-14,17H,1-2,9-10,15-16,18H2. The molecule has 0 N–H and O–H groups in total. The highest BCUT2D eigenvalue weighted by Gasteiger charge is 2.17. The fourth-order valence-electron chi connectivity index (χ4n) is 3.50. The second kappa shape index (κ2) is 8.62. The first kappa shape index (κ1) is 17.5. The van der Waals surface area contributed by atoms with Gasteiger partial charge in [0.25, 0.3) is 0 Å². The molecule has 5 heteroatoms. The van der Waals surface area contributed by atoms with E-state index < -0.39 is 0 Å². The molecule has 3 aromatic rings. The van der Waals surface area contributed by atoms with Gasteiger partial charge >= 0.3 is 0 Å². The van der Waals surface area contributed by atoms with Gasteiger partial charge in [0.1, 0.15) is 0 Å². The zero-order valence-electron chi connectivity index (χ0n) is 15.5. The minimum Gasteiger partial charge on any atom is -0.339 e. The van der Waals surface area contributed by atoms with E-state index in [-0.39, 0.29) is 0 Å². The maximum absolute atomic E-state index is 4.89. The number of hydrogen-bond acceptors (Lipinski definition) is 5. The Balaban J connectivity index is 1.66. The molecule has 0 atom stereocenters. The first-order valence-corrected chi connectivity index (χ1v) is 9.71. The molecule has 1 aromatic heterocycles. The van der Waals surface area contributed by atoms with Gasteiger partial charge in [-0.15, -0.1) is 5.10 Å². The van der Waals surface area contributed by atoms with Crippen LogP contribution in [0.5, 0.6) is 0 Å². The van der Waals surface area contributed by atoms with E-state index in [1.54, 1.807) is 6.20 Å². The Labute approximate surface area is 160 Å². The van der Waals surface area contributed by atoms with Crippen molar-refractivity contribution in [3.05, 3.63) is 72.4 Å². The zero-order valence-corrected chi connectivity index (χ0v) is 15.5. The van der Waals surface area contributed by atoms with Crippen molar-refractivity contribution in [2.24, 2.45) is 0 Å². The van der Waals surface area contributed by atoms with Gasteiger partial charge in [-0.2, -0.15) is 10.1 Å². The van der Waals surface area contributed by atoms with Crippen molar-refractivity contribution in [2.75, 3.05) is 22.9 Å². The summed E-state index contributed by atoms with van der Waals surface area (Å²) in [5.74, 6) is 1.57. The highest BCUT2D eigenvalue weighted by atomic mass is 15.3. The largest absolute Gasteiger partial charge is 0.339 e. The Morgan fingerprint density at radius 3 is 2.19 bits per heavy atom. The first-order chi connectivity index (χ1) is 13.4. The number of rotatable bonds is 5. The summed E-state index contributed by atoms with van der Waals surface area (Å²) < 4.78 is 0. The van der Waals surface area contributed by atoms with E-state index in [1.807, 2.05) is 12.1 Å². The van der Waals surface area contributed by atoms with Gasteiger partial charge in [0.15, 0.2) is 5.82 Å². The molecule has 0 saturated carbocycles. The van der Waals surface area contributed by atoms with Crippen molar-refractivity contribution < 1.29 is 0 Å². The number of hydrogen-bond donors (Lipinski definition) is 0. The topological polar surface area (TPSA) is 45.2 Å². The minimum absolute atomic E-state index is 0.739. The maximum atomic E-state index is 4.89. The van der Waals surface area contributed by atoms with Gasteiger partial charge in [-0.1, -0.05) is 61.4 Å². The molecule has 0 bridgehead atoms. The third kappa shape index (κ3) is 4.42. The molecular formula is C22H25N5. The summed E-state index contributed by atoms with van der Waals surface area (Å²) in [7, 11) is 0. The lowest BCUT2D eigenvalue weighted by atomic mass is 10.2. The van der Waals surface area contributed by atoms with E-state index in [2.05, 4.69) is 68.5 Å². The molecule has 1 saturated heterocycles. The molecule has 0 unspecified atom stereocenters. The van der Waals surface area contributed by atoms with Crippen LogP contribution in [0, 0.1) is 0 Å². The second-order valence-electron chi connectivity index (χ2n) is 6.92. The molecular weight excluding hydrogens is 334 g/mol. The van der Waals surface area contributed by atoms with Crippen molar-refractivity contribution in [1.29, 1.82) is 0 Å². The lowest BCUT2D eigenvalue weighted by Crippen LogP contribution is -2.27. The molecule has 0 aliphatic carbocycles. The summed E-state index contributed by atoms with van der Waals surface area (Å²) in [5.41, 5.74) is 2.33. The number of benzene rings is 2. The van der Waals surface area contributed by atoms with E-state index in [0.717, 1.165) is 37.1 Å². The van der Waals surface area contributed by atoms with Crippen LogP contribution in [0.1, 0.15) is 31.2 Å². The van der Waals surface area contributed by atoms with E-state index in [4.69, 9.17) is 4.98 Å². The first-order valence-electron chi connectivity index (χ1n) is 9.71. The van der Waals surface area contributed by atoms with Crippen molar-refractivity contribution in [3.8, 4) is 0 Å². The predicted molar refractivity (Wildman–Crippen MR) is 109 cm³/mol. The van der Waals surface area contributed by atoms with E-state index in [9.17, 15) is 0 Å². The van der Waals surface area contributed by atoms with Crippen LogP contribution in [-0.2, 0) is 6.54 Å². The van der Waals surface area contributed by atoms with Crippen LogP contribution in [0.15, 0.2) is 66.9 Å². The average molecular weight is 359 g/mol. The SMILES string of the molecule is c1ccc(CN(c2ccccc2)c2cnnc(N3CCCCCC3)n2)cc1. The Kier molecular flexibility index (Phi) is 5.58. The molecule has 0 radical (unpaired) electrons. The Bertz CT molecular complexity index is 830. The van der Waals surface area contributed by atoms with Gasteiger partial charge in [-0.25, -0.2) is 0 Å². The van der Waals surface area contributed by atoms with Gasteiger partial charge in [0.05, 0.1) is 6.20 Å². The molecule has 4 rings (SSSR count). The molecule has 1 fully saturated rings. The van der Waals surface area contributed by atoms with Crippen LogP contribution in [0.2, 0.25) is 0 Å². The minimum atomic E-state index is 0.739. The lowest BCUT2D eigenvalue weighted by molar-refractivity contribution is 0.726. The molecule has 138 valence electrons. The average Bonchev–Trinajstić information content (AvgIpc) is 3.03. The summed E-state index contributed by atoms with van der Waals surface area (Å²) in [6.07, 6.45) is 6.72. The summed E-state index contributed by atoms with van der Waals surface area (Å²) in [6.45, 7) is 2.76. The molecule has 1 aliphatic rings. The van der Waals surface area contributed by atoms with Crippen molar-refractivity contribution in [1.82, 2.24) is 15.2 Å². The van der Waals surface area contributed by atoms with Crippen molar-refractivity contribution >= 4 is 17.5 Å². The summed E-state index contributed by atoms with van der Waals surface area (Å²) in [4.78, 5) is 9.36. The van der Waals surface area contributed by atoms with Crippen LogP contribution >= 0.6 is 0 Å². The quantitative estimate of drug-likeness (QED) is 0.667. The molecule has 2 heterocycles. The van der Waals surface area contributed by atoms with Crippen LogP contribution in [0.4, 0.5) is 17.5 Å². The van der Waals surface area contributed by atoms with E-state index in [0.29, 0.717) is 0 Å². The molecule has 0 spiro atoms. The lowest BCUT2D eigenvalue weighted by Gasteiger charge is -2.25. The Hall–Kier alpha value is -2.95. The summed E-state index contributed by atoms with van der Waals surface area (Å²) in [6, 6.07) is 20.8. The van der Waals surface area contributed by atoms with Gasteiger partial charge < -0.3 is 9.80 Å². The Morgan fingerprint density at radius 1 is 0.815 bits per heavy atom. The smallest absolute Gasteiger partial charge is 0.247 e. The zero-order chi connectivity index (χ0) is 18.3.